The van der Waals surface area contributed by atoms with Crippen LogP contribution >= 0.6 is 0 Å². The largest absolute Gasteiger partial charge is 0.469 e. The molecule has 4 heteroatoms. The first-order valence-corrected chi connectivity index (χ1v) is 7.51. The molecule has 2 rings (SSSR count). The molecule has 0 saturated heterocycles. The van der Waals surface area contributed by atoms with Crippen LogP contribution in [0.5, 0.6) is 0 Å². The van der Waals surface area contributed by atoms with E-state index in [0.29, 0.717) is 13.1 Å². The van der Waals surface area contributed by atoms with Gasteiger partial charge in [-0.3, -0.25) is 9.59 Å². The van der Waals surface area contributed by atoms with Crippen LogP contribution in [0.2, 0.25) is 0 Å². The first kappa shape index (κ1) is 15.5. The van der Waals surface area contributed by atoms with Crippen LogP contribution in [0.1, 0.15) is 36.8 Å². The summed E-state index contributed by atoms with van der Waals surface area (Å²) in [5.74, 6) is 0.0455. The number of nitrogens with zero attached hydrogens (tertiary/aromatic N) is 1. The number of benzene rings is 1. The summed E-state index contributed by atoms with van der Waals surface area (Å²) in [6.45, 7) is 3.03. The van der Waals surface area contributed by atoms with Crippen LogP contribution in [-0.2, 0) is 20.9 Å². The summed E-state index contributed by atoms with van der Waals surface area (Å²) in [5.41, 5.74) is 2.29. The molecular formula is C17H23NO3. The SMILES string of the molecule is COC(=O)CCN(Cc1ccc(C)cc1)C(=O)C1CCC1. The lowest BCUT2D eigenvalue weighted by Gasteiger charge is -2.31. The van der Waals surface area contributed by atoms with Crippen LogP contribution in [-0.4, -0.2) is 30.4 Å². The molecule has 4 nitrogen and oxygen atoms in total. The van der Waals surface area contributed by atoms with Crippen molar-refractivity contribution < 1.29 is 14.3 Å². The van der Waals surface area contributed by atoms with Crippen LogP contribution < -0.4 is 0 Å². The fourth-order valence-corrected chi connectivity index (χ4v) is 2.42. The van der Waals surface area contributed by atoms with Crippen molar-refractivity contribution in [2.45, 2.75) is 39.2 Å². The van der Waals surface area contributed by atoms with Crippen molar-refractivity contribution in [1.82, 2.24) is 4.90 Å². The molecule has 0 bridgehead atoms. The number of aryl methyl sites for hydroxylation is 1. The van der Waals surface area contributed by atoms with Gasteiger partial charge in [-0.2, -0.15) is 0 Å². The van der Waals surface area contributed by atoms with Crippen LogP contribution in [0.4, 0.5) is 0 Å². The van der Waals surface area contributed by atoms with E-state index in [-0.39, 0.29) is 24.2 Å². The van der Waals surface area contributed by atoms with Gasteiger partial charge in [0.05, 0.1) is 13.5 Å². The molecule has 114 valence electrons. The van der Waals surface area contributed by atoms with Gasteiger partial charge in [0.25, 0.3) is 0 Å². The molecule has 21 heavy (non-hydrogen) atoms. The minimum Gasteiger partial charge on any atom is -0.469 e. The van der Waals surface area contributed by atoms with Crippen molar-refractivity contribution in [2.75, 3.05) is 13.7 Å². The number of carbonyl (C=O) groups excluding carboxylic acids is 2. The Morgan fingerprint density at radius 3 is 2.43 bits per heavy atom. The minimum atomic E-state index is -0.273. The molecule has 1 aliphatic carbocycles. The third-order valence-corrected chi connectivity index (χ3v) is 4.07. The quantitative estimate of drug-likeness (QED) is 0.756. The van der Waals surface area contributed by atoms with Gasteiger partial charge in [-0.15, -0.1) is 0 Å². The minimum absolute atomic E-state index is 0.146. The van der Waals surface area contributed by atoms with E-state index in [1.54, 1.807) is 4.90 Å². The summed E-state index contributed by atoms with van der Waals surface area (Å²) in [6, 6.07) is 8.16. The molecule has 1 aromatic rings. The molecule has 0 N–H and O–H groups in total. The fourth-order valence-electron chi connectivity index (χ4n) is 2.42. The van der Waals surface area contributed by atoms with Crippen LogP contribution in [0.15, 0.2) is 24.3 Å². The van der Waals surface area contributed by atoms with Gasteiger partial charge in [-0.25, -0.2) is 0 Å². The topological polar surface area (TPSA) is 46.6 Å². The molecule has 0 heterocycles. The third kappa shape index (κ3) is 4.31. The third-order valence-electron chi connectivity index (χ3n) is 4.07. The molecule has 0 spiro atoms. The van der Waals surface area contributed by atoms with Gasteiger partial charge in [0.2, 0.25) is 5.91 Å². The standard InChI is InChI=1S/C17H23NO3/c1-13-6-8-14(9-7-13)12-18(11-10-16(19)21-2)17(20)15-4-3-5-15/h6-9,15H,3-5,10-12H2,1-2H3. The maximum Gasteiger partial charge on any atom is 0.307 e. The Morgan fingerprint density at radius 1 is 1.24 bits per heavy atom. The van der Waals surface area contributed by atoms with Crippen LogP contribution in [0.25, 0.3) is 0 Å². The summed E-state index contributed by atoms with van der Waals surface area (Å²) in [7, 11) is 1.38. The monoisotopic (exact) mass is 289 g/mol. The molecule has 0 unspecified atom stereocenters. The van der Waals surface area contributed by atoms with Crippen molar-refractivity contribution in [3.8, 4) is 0 Å². The van der Waals surface area contributed by atoms with Gasteiger partial charge in [0.15, 0.2) is 0 Å². The maximum absolute atomic E-state index is 12.5. The van der Waals surface area contributed by atoms with Crippen molar-refractivity contribution in [1.29, 1.82) is 0 Å². The first-order chi connectivity index (χ1) is 10.1. The van der Waals surface area contributed by atoms with E-state index in [4.69, 9.17) is 0 Å². The number of hydrogen-bond acceptors (Lipinski definition) is 3. The van der Waals surface area contributed by atoms with Gasteiger partial charge >= 0.3 is 5.97 Å². The number of hydrogen-bond donors (Lipinski definition) is 0. The summed E-state index contributed by atoms with van der Waals surface area (Å²) in [4.78, 5) is 25.6. The zero-order valence-corrected chi connectivity index (χ0v) is 12.8. The average molecular weight is 289 g/mol. The number of methoxy groups -OCH3 is 1. The summed E-state index contributed by atoms with van der Waals surface area (Å²) in [6.07, 6.45) is 3.33. The predicted octanol–water partition coefficient (Wildman–Crippen LogP) is 2.69. The summed E-state index contributed by atoms with van der Waals surface area (Å²) in [5, 5.41) is 0. The van der Waals surface area contributed by atoms with Gasteiger partial charge in [0, 0.05) is 19.0 Å². The van der Waals surface area contributed by atoms with E-state index in [9.17, 15) is 9.59 Å². The molecule has 1 amide bonds. The highest BCUT2D eigenvalue weighted by Gasteiger charge is 2.29. The zero-order chi connectivity index (χ0) is 15.2. The molecule has 1 fully saturated rings. The fraction of sp³-hybridized carbons (Fsp3) is 0.529. The van der Waals surface area contributed by atoms with E-state index in [2.05, 4.69) is 4.74 Å². The van der Waals surface area contributed by atoms with Crippen molar-refractivity contribution in [3.63, 3.8) is 0 Å². The van der Waals surface area contributed by atoms with Crippen molar-refractivity contribution >= 4 is 11.9 Å². The van der Waals surface area contributed by atoms with Crippen LogP contribution in [0, 0.1) is 12.8 Å². The molecule has 1 aliphatic rings. The second-order valence-corrected chi connectivity index (χ2v) is 5.70. The Balaban J connectivity index is 2.01. The zero-order valence-electron chi connectivity index (χ0n) is 12.8. The van der Waals surface area contributed by atoms with Crippen LogP contribution in [0.3, 0.4) is 0 Å². The van der Waals surface area contributed by atoms with E-state index in [0.717, 1.165) is 24.8 Å². The van der Waals surface area contributed by atoms with Gasteiger partial charge in [-0.05, 0) is 25.3 Å². The lowest BCUT2D eigenvalue weighted by atomic mass is 9.84. The van der Waals surface area contributed by atoms with E-state index >= 15 is 0 Å². The molecular weight excluding hydrogens is 266 g/mol. The Hall–Kier alpha value is -1.84. The highest BCUT2D eigenvalue weighted by molar-refractivity contribution is 5.80. The Bertz CT molecular complexity index is 491. The van der Waals surface area contributed by atoms with E-state index < -0.39 is 0 Å². The van der Waals surface area contributed by atoms with Crippen molar-refractivity contribution in [3.05, 3.63) is 35.4 Å². The van der Waals surface area contributed by atoms with E-state index in [1.807, 2.05) is 31.2 Å². The van der Waals surface area contributed by atoms with Gasteiger partial charge in [-0.1, -0.05) is 36.2 Å². The number of rotatable bonds is 6. The smallest absolute Gasteiger partial charge is 0.307 e. The lowest BCUT2D eigenvalue weighted by Crippen LogP contribution is -2.39. The Kier molecular flexibility index (Phi) is 5.37. The molecule has 0 aliphatic heterocycles. The van der Waals surface area contributed by atoms with Gasteiger partial charge in [0.1, 0.15) is 0 Å². The second kappa shape index (κ2) is 7.25. The predicted molar refractivity (Wildman–Crippen MR) is 80.6 cm³/mol. The molecule has 0 radical (unpaired) electrons. The Morgan fingerprint density at radius 2 is 1.90 bits per heavy atom. The Labute approximate surface area is 126 Å². The van der Waals surface area contributed by atoms with E-state index in [1.165, 1.54) is 12.7 Å². The summed E-state index contributed by atoms with van der Waals surface area (Å²) >= 11 is 0. The lowest BCUT2D eigenvalue weighted by molar-refractivity contribution is -0.143. The molecule has 1 saturated carbocycles. The molecule has 0 atom stereocenters. The number of carbonyl (C=O) groups is 2. The van der Waals surface area contributed by atoms with Gasteiger partial charge < -0.3 is 9.64 Å². The molecule has 0 aromatic heterocycles. The molecule has 1 aromatic carbocycles. The average Bonchev–Trinajstić information content (AvgIpc) is 2.43. The second-order valence-electron chi connectivity index (χ2n) is 5.70. The highest BCUT2D eigenvalue weighted by atomic mass is 16.5. The normalized spacial score (nSPS) is 14.4. The number of esters is 1. The summed E-state index contributed by atoms with van der Waals surface area (Å²) < 4.78 is 4.67. The number of amides is 1. The number of ether oxygens (including phenoxy) is 1. The maximum atomic E-state index is 12.5. The first-order valence-electron chi connectivity index (χ1n) is 7.51. The highest BCUT2D eigenvalue weighted by Crippen LogP contribution is 2.28. The van der Waals surface area contributed by atoms with Crippen molar-refractivity contribution in [2.24, 2.45) is 5.92 Å².